The number of nitrogens with zero attached hydrogens (tertiary/aromatic N) is 1. The molecule has 1 amide bonds. The molecule has 0 aliphatic rings. The van der Waals surface area contributed by atoms with E-state index in [0.29, 0.717) is 29.4 Å². The van der Waals surface area contributed by atoms with E-state index in [1.165, 1.54) is 0 Å². The molecule has 5 rings (SSSR count). The Labute approximate surface area is 223 Å². The van der Waals surface area contributed by atoms with Crippen LogP contribution < -0.4 is 20.1 Å². The number of rotatable bonds is 7. The Hall–Kier alpha value is -4.27. The van der Waals surface area contributed by atoms with Crippen LogP contribution in [0.3, 0.4) is 0 Å². The van der Waals surface area contributed by atoms with Gasteiger partial charge in [-0.05, 0) is 72.4 Å². The highest BCUT2D eigenvalue weighted by Gasteiger charge is 2.13. The summed E-state index contributed by atoms with van der Waals surface area (Å²) in [5.41, 5.74) is 4.04. The van der Waals surface area contributed by atoms with E-state index in [2.05, 4.69) is 10.6 Å². The number of ether oxygens (including phenoxy) is 2. The number of benzene rings is 4. The Morgan fingerprint density at radius 1 is 0.946 bits per heavy atom. The molecule has 0 atom stereocenters. The molecule has 1 heterocycles. The minimum atomic E-state index is -0.326. The van der Waals surface area contributed by atoms with Crippen LogP contribution in [-0.2, 0) is 6.61 Å². The summed E-state index contributed by atoms with van der Waals surface area (Å²) in [5.74, 6) is 0.951. The zero-order chi connectivity index (χ0) is 25.6. The lowest BCUT2D eigenvalue weighted by Crippen LogP contribution is -2.34. The van der Waals surface area contributed by atoms with Gasteiger partial charge >= 0.3 is 0 Å². The number of fused-ring (bicyclic) bond motifs is 1. The fourth-order valence-electron chi connectivity index (χ4n) is 3.71. The van der Waals surface area contributed by atoms with Crippen molar-refractivity contribution in [2.45, 2.75) is 6.61 Å². The Balaban J connectivity index is 1.23. The van der Waals surface area contributed by atoms with Gasteiger partial charge in [0.25, 0.3) is 5.91 Å². The van der Waals surface area contributed by atoms with Crippen molar-refractivity contribution in [3.05, 3.63) is 108 Å². The second kappa shape index (κ2) is 11.2. The molecule has 0 bridgehead atoms. The molecule has 0 saturated carbocycles. The van der Waals surface area contributed by atoms with Gasteiger partial charge in [0.05, 0.1) is 23.0 Å². The third kappa shape index (κ3) is 5.94. The van der Waals surface area contributed by atoms with Gasteiger partial charge < -0.3 is 14.8 Å². The molecule has 0 radical (unpaired) electrons. The Kier molecular flexibility index (Phi) is 7.39. The Morgan fingerprint density at radius 3 is 2.46 bits per heavy atom. The first-order chi connectivity index (χ1) is 18.1. The molecule has 2 N–H and O–H groups in total. The maximum absolute atomic E-state index is 12.8. The monoisotopic (exact) mass is 525 g/mol. The van der Waals surface area contributed by atoms with Crippen LogP contribution in [0, 0.1) is 0 Å². The van der Waals surface area contributed by atoms with Crippen LogP contribution in [0.15, 0.2) is 97.1 Å². The Morgan fingerprint density at radius 2 is 1.70 bits per heavy atom. The highest BCUT2D eigenvalue weighted by atomic mass is 32.1. The number of methoxy groups -OCH3 is 1. The number of amides is 1. The van der Waals surface area contributed by atoms with Crippen LogP contribution >= 0.6 is 23.6 Å². The molecular formula is C29H23N3O3S2. The number of carbonyl (C=O) groups excluding carboxylic acids is 1. The van der Waals surface area contributed by atoms with Gasteiger partial charge in [0.1, 0.15) is 23.1 Å². The van der Waals surface area contributed by atoms with E-state index >= 15 is 0 Å². The first-order valence-electron chi connectivity index (χ1n) is 11.5. The molecule has 0 fully saturated rings. The maximum Gasteiger partial charge on any atom is 0.257 e. The number of para-hydroxylation sites is 1. The van der Waals surface area contributed by atoms with Crippen molar-refractivity contribution in [1.82, 2.24) is 10.3 Å². The van der Waals surface area contributed by atoms with Crippen LogP contribution in [-0.4, -0.2) is 23.1 Å². The fraction of sp³-hybridized carbons (Fsp3) is 0.0690. The van der Waals surface area contributed by atoms with Crippen LogP contribution in [0.25, 0.3) is 20.8 Å². The number of thiazole rings is 1. The molecule has 6 nitrogen and oxygen atoms in total. The predicted octanol–water partition coefficient (Wildman–Crippen LogP) is 6.68. The van der Waals surface area contributed by atoms with Crippen molar-refractivity contribution in [3.8, 4) is 22.1 Å². The van der Waals surface area contributed by atoms with Crippen LogP contribution in [0.4, 0.5) is 5.69 Å². The first kappa shape index (κ1) is 24.4. The largest absolute Gasteiger partial charge is 0.495 e. The van der Waals surface area contributed by atoms with E-state index in [4.69, 9.17) is 26.7 Å². The third-order valence-electron chi connectivity index (χ3n) is 5.58. The van der Waals surface area contributed by atoms with E-state index in [9.17, 15) is 4.79 Å². The zero-order valence-electron chi connectivity index (χ0n) is 19.9. The summed E-state index contributed by atoms with van der Waals surface area (Å²) in [6, 6.07) is 30.5. The highest BCUT2D eigenvalue weighted by Crippen LogP contribution is 2.34. The van der Waals surface area contributed by atoms with Gasteiger partial charge in [-0.1, -0.05) is 42.5 Å². The number of aromatic nitrogens is 1. The second-order valence-corrected chi connectivity index (χ2v) is 9.55. The van der Waals surface area contributed by atoms with Gasteiger partial charge in [0.15, 0.2) is 5.11 Å². The van der Waals surface area contributed by atoms with E-state index < -0.39 is 0 Å². The number of nitrogens with one attached hydrogen (secondary N) is 2. The number of hydrogen-bond donors (Lipinski definition) is 2. The topological polar surface area (TPSA) is 72.5 Å². The average Bonchev–Trinajstić information content (AvgIpc) is 3.37. The number of thiocarbonyl (C=S) groups is 1. The van der Waals surface area contributed by atoms with Gasteiger partial charge in [-0.15, -0.1) is 11.3 Å². The molecular weight excluding hydrogens is 502 g/mol. The van der Waals surface area contributed by atoms with Crippen molar-refractivity contribution in [3.63, 3.8) is 0 Å². The molecule has 0 saturated heterocycles. The smallest absolute Gasteiger partial charge is 0.257 e. The van der Waals surface area contributed by atoms with Gasteiger partial charge in [0, 0.05) is 11.1 Å². The summed E-state index contributed by atoms with van der Waals surface area (Å²) < 4.78 is 12.4. The average molecular weight is 526 g/mol. The van der Waals surface area contributed by atoms with Crippen molar-refractivity contribution >= 4 is 50.5 Å². The lowest BCUT2D eigenvalue weighted by Gasteiger charge is -2.14. The molecule has 0 aliphatic heterocycles. The lowest BCUT2D eigenvalue weighted by molar-refractivity contribution is 0.0977. The molecule has 1 aromatic heterocycles. The molecule has 4 aromatic carbocycles. The molecule has 5 aromatic rings. The summed E-state index contributed by atoms with van der Waals surface area (Å²) >= 11 is 7.03. The van der Waals surface area contributed by atoms with Gasteiger partial charge in [-0.2, -0.15) is 0 Å². The van der Waals surface area contributed by atoms with E-state index in [0.717, 1.165) is 26.4 Å². The number of anilines is 1. The van der Waals surface area contributed by atoms with Crippen molar-refractivity contribution < 1.29 is 14.3 Å². The summed E-state index contributed by atoms with van der Waals surface area (Å²) in [6.45, 7) is 0.457. The zero-order valence-corrected chi connectivity index (χ0v) is 21.6. The SMILES string of the molecule is COc1ccc(-c2nc3ccccc3s2)cc1NC(=S)NC(=O)c1ccc(OCc2ccccc2)cc1. The quantitative estimate of drug-likeness (QED) is 0.231. The molecule has 8 heteroatoms. The van der Waals surface area contributed by atoms with Crippen LogP contribution in [0.1, 0.15) is 15.9 Å². The summed E-state index contributed by atoms with van der Waals surface area (Å²) in [6.07, 6.45) is 0. The number of hydrogen-bond acceptors (Lipinski definition) is 6. The van der Waals surface area contributed by atoms with Crippen molar-refractivity contribution in [2.24, 2.45) is 0 Å². The lowest BCUT2D eigenvalue weighted by atomic mass is 10.2. The normalized spacial score (nSPS) is 10.6. The minimum Gasteiger partial charge on any atom is -0.495 e. The number of carbonyl (C=O) groups is 1. The highest BCUT2D eigenvalue weighted by molar-refractivity contribution is 7.80. The summed E-state index contributed by atoms with van der Waals surface area (Å²) in [5, 5.41) is 6.86. The third-order valence-corrected chi connectivity index (χ3v) is 6.87. The van der Waals surface area contributed by atoms with Crippen molar-refractivity contribution in [1.29, 1.82) is 0 Å². The van der Waals surface area contributed by atoms with E-state index in [-0.39, 0.29) is 11.0 Å². The minimum absolute atomic E-state index is 0.161. The van der Waals surface area contributed by atoms with Crippen molar-refractivity contribution in [2.75, 3.05) is 12.4 Å². The van der Waals surface area contributed by atoms with Gasteiger partial charge in [0.2, 0.25) is 0 Å². The maximum atomic E-state index is 12.8. The predicted molar refractivity (Wildman–Crippen MR) is 153 cm³/mol. The molecule has 0 spiro atoms. The van der Waals surface area contributed by atoms with E-state index in [1.54, 1.807) is 42.7 Å². The van der Waals surface area contributed by atoms with Gasteiger partial charge in [-0.3, -0.25) is 10.1 Å². The standard InChI is InChI=1S/C29H23N3O3S2/c1-34-25-16-13-21(28-30-23-9-5-6-10-26(23)37-28)17-24(25)31-29(36)32-27(33)20-11-14-22(15-12-20)35-18-19-7-3-2-4-8-19/h2-17H,18H2,1H3,(H2,31,32,33,36). The molecule has 184 valence electrons. The fourth-order valence-corrected chi connectivity index (χ4v) is 4.87. The Bertz CT molecular complexity index is 1520. The second-order valence-electron chi connectivity index (χ2n) is 8.11. The van der Waals surface area contributed by atoms with E-state index in [1.807, 2.05) is 72.8 Å². The first-order valence-corrected chi connectivity index (χ1v) is 12.7. The summed E-state index contributed by atoms with van der Waals surface area (Å²) in [7, 11) is 1.58. The van der Waals surface area contributed by atoms with Gasteiger partial charge in [-0.25, -0.2) is 4.98 Å². The molecule has 0 aliphatic carbocycles. The van der Waals surface area contributed by atoms with Crippen LogP contribution in [0.5, 0.6) is 11.5 Å². The summed E-state index contributed by atoms with van der Waals surface area (Å²) in [4.78, 5) is 17.5. The molecule has 0 unspecified atom stereocenters. The molecule has 37 heavy (non-hydrogen) atoms. The van der Waals surface area contributed by atoms with Crippen LogP contribution in [0.2, 0.25) is 0 Å².